The number of aliphatic hydroxyl groups is 1. The Kier molecular flexibility index (Phi) is 5.06. The normalized spacial score (nSPS) is 25.8. The van der Waals surface area contributed by atoms with Crippen molar-refractivity contribution in [2.24, 2.45) is 0 Å². The average molecular weight is 290 g/mol. The molecule has 5 nitrogen and oxygen atoms in total. The Balaban J connectivity index is 2.02. The first-order valence-corrected chi connectivity index (χ1v) is 6.68. The summed E-state index contributed by atoms with van der Waals surface area (Å²) in [6.45, 7) is 1.03. The molecule has 1 aromatic heterocycles. The van der Waals surface area contributed by atoms with Gasteiger partial charge in [0.25, 0.3) is 0 Å². The molecule has 1 aliphatic carbocycles. The molecule has 2 atom stereocenters. The molecule has 1 fully saturated rings. The molecule has 0 aromatic carbocycles. The van der Waals surface area contributed by atoms with E-state index in [1.807, 2.05) is 0 Å². The Morgan fingerprint density at radius 1 is 1.50 bits per heavy atom. The summed E-state index contributed by atoms with van der Waals surface area (Å²) < 4.78 is 38.8. The van der Waals surface area contributed by atoms with Crippen molar-refractivity contribution in [3.63, 3.8) is 0 Å². The van der Waals surface area contributed by atoms with Crippen molar-refractivity contribution in [2.75, 3.05) is 20.3 Å². The number of aliphatic hydroxyl groups excluding tert-OH is 1. The van der Waals surface area contributed by atoms with Crippen LogP contribution >= 0.6 is 0 Å². The fraction of sp³-hybridized carbons (Fsp3) is 0.769. The van der Waals surface area contributed by atoms with E-state index in [9.17, 15) is 13.9 Å². The van der Waals surface area contributed by atoms with Gasteiger partial charge in [-0.15, -0.1) is 0 Å². The van der Waals surface area contributed by atoms with Crippen LogP contribution in [0.5, 0.6) is 0 Å². The summed E-state index contributed by atoms with van der Waals surface area (Å²) in [5.74, 6) is -3.33. The monoisotopic (exact) mass is 290 g/mol. The minimum absolute atomic E-state index is 0.105. The van der Waals surface area contributed by atoms with E-state index in [4.69, 9.17) is 9.47 Å². The fourth-order valence-corrected chi connectivity index (χ4v) is 2.48. The fourth-order valence-electron chi connectivity index (χ4n) is 2.48. The standard InChI is InChI=1S/C13H20F2N2O3/c1-19-6-7-20-9-17-11(3-5-16-17)10-8-13(14,15)4-2-12(10)18/h3,5,10,12,18H,2,4,6-9H2,1H3. The smallest absolute Gasteiger partial charge is 0.249 e. The van der Waals surface area contributed by atoms with Crippen LogP contribution in [0.3, 0.4) is 0 Å². The van der Waals surface area contributed by atoms with Gasteiger partial charge in [-0.2, -0.15) is 5.10 Å². The molecular formula is C13H20F2N2O3. The Morgan fingerprint density at radius 3 is 3.05 bits per heavy atom. The van der Waals surface area contributed by atoms with Gasteiger partial charge in [0.1, 0.15) is 6.73 Å². The summed E-state index contributed by atoms with van der Waals surface area (Å²) >= 11 is 0. The van der Waals surface area contributed by atoms with Crippen LogP contribution in [0.25, 0.3) is 0 Å². The molecule has 0 saturated heterocycles. The number of rotatable bonds is 6. The molecule has 0 bridgehead atoms. The van der Waals surface area contributed by atoms with Crippen molar-refractivity contribution in [3.8, 4) is 0 Å². The molecule has 0 spiro atoms. The van der Waals surface area contributed by atoms with Crippen molar-refractivity contribution in [2.45, 2.75) is 43.9 Å². The molecule has 114 valence electrons. The molecule has 1 aromatic rings. The van der Waals surface area contributed by atoms with Crippen LogP contribution in [0.15, 0.2) is 12.3 Å². The number of alkyl halides is 2. The summed E-state index contributed by atoms with van der Waals surface area (Å²) in [5.41, 5.74) is 0.592. The van der Waals surface area contributed by atoms with Crippen LogP contribution in [0.4, 0.5) is 8.78 Å². The molecule has 1 N–H and O–H groups in total. The van der Waals surface area contributed by atoms with Gasteiger partial charge < -0.3 is 14.6 Å². The van der Waals surface area contributed by atoms with E-state index in [-0.39, 0.29) is 26.0 Å². The lowest BCUT2D eigenvalue weighted by atomic mass is 9.82. The first kappa shape index (κ1) is 15.3. The highest BCUT2D eigenvalue weighted by Gasteiger charge is 2.42. The van der Waals surface area contributed by atoms with Gasteiger partial charge in [0, 0.05) is 37.8 Å². The largest absolute Gasteiger partial charge is 0.392 e. The third-order valence-corrected chi connectivity index (χ3v) is 3.56. The van der Waals surface area contributed by atoms with Gasteiger partial charge in [0.15, 0.2) is 0 Å². The number of halogens is 2. The third-order valence-electron chi connectivity index (χ3n) is 3.56. The topological polar surface area (TPSA) is 56.5 Å². The second-order valence-corrected chi connectivity index (χ2v) is 5.06. The summed E-state index contributed by atoms with van der Waals surface area (Å²) in [5, 5.41) is 14.0. The number of hydrogen-bond donors (Lipinski definition) is 1. The van der Waals surface area contributed by atoms with Gasteiger partial charge in [0.05, 0.1) is 19.3 Å². The van der Waals surface area contributed by atoms with Gasteiger partial charge in [0.2, 0.25) is 5.92 Å². The molecule has 2 rings (SSSR count). The van der Waals surface area contributed by atoms with Crippen molar-refractivity contribution in [1.29, 1.82) is 0 Å². The SMILES string of the molecule is COCCOCn1nccc1C1CC(F)(F)CCC1O. The quantitative estimate of drug-likeness (QED) is 0.811. The van der Waals surface area contributed by atoms with Crippen LogP contribution in [0.1, 0.15) is 30.9 Å². The number of ether oxygens (including phenoxy) is 2. The zero-order valence-corrected chi connectivity index (χ0v) is 11.5. The summed E-state index contributed by atoms with van der Waals surface area (Å²) in [6, 6.07) is 1.66. The van der Waals surface area contributed by atoms with Crippen LogP contribution in [-0.2, 0) is 16.2 Å². The van der Waals surface area contributed by atoms with E-state index in [2.05, 4.69) is 5.10 Å². The molecule has 20 heavy (non-hydrogen) atoms. The second-order valence-electron chi connectivity index (χ2n) is 5.06. The summed E-state index contributed by atoms with van der Waals surface area (Å²) in [7, 11) is 1.57. The lowest BCUT2D eigenvalue weighted by Crippen LogP contribution is -2.35. The highest BCUT2D eigenvalue weighted by atomic mass is 19.3. The van der Waals surface area contributed by atoms with E-state index in [0.29, 0.717) is 18.9 Å². The molecule has 0 aliphatic heterocycles. The Bertz CT molecular complexity index is 426. The zero-order chi connectivity index (χ0) is 14.6. The Labute approximate surface area is 116 Å². The average Bonchev–Trinajstić information content (AvgIpc) is 2.86. The maximum absolute atomic E-state index is 13.5. The van der Waals surface area contributed by atoms with E-state index < -0.39 is 17.9 Å². The molecule has 1 heterocycles. The second kappa shape index (κ2) is 6.60. The van der Waals surface area contributed by atoms with Gasteiger partial charge in [-0.05, 0) is 12.5 Å². The Hall–Kier alpha value is -1.05. The van der Waals surface area contributed by atoms with Crippen LogP contribution in [-0.4, -0.2) is 47.2 Å². The maximum Gasteiger partial charge on any atom is 0.249 e. The van der Waals surface area contributed by atoms with Gasteiger partial charge in [-0.3, -0.25) is 0 Å². The maximum atomic E-state index is 13.5. The number of aromatic nitrogens is 2. The van der Waals surface area contributed by atoms with E-state index in [0.717, 1.165) is 0 Å². The Morgan fingerprint density at radius 2 is 2.30 bits per heavy atom. The summed E-state index contributed by atoms with van der Waals surface area (Å²) in [4.78, 5) is 0. The minimum Gasteiger partial charge on any atom is -0.392 e. The highest BCUT2D eigenvalue weighted by molar-refractivity contribution is 5.12. The third kappa shape index (κ3) is 3.74. The molecular weight excluding hydrogens is 270 g/mol. The molecule has 2 unspecified atom stereocenters. The summed E-state index contributed by atoms with van der Waals surface area (Å²) in [6.07, 6.45) is 0.271. The van der Waals surface area contributed by atoms with Crippen LogP contribution in [0, 0.1) is 0 Å². The zero-order valence-electron chi connectivity index (χ0n) is 11.5. The molecule has 0 amide bonds. The molecule has 0 radical (unpaired) electrons. The minimum atomic E-state index is -2.73. The highest BCUT2D eigenvalue weighted by Crippen LogP contribution is 2.41. The van der Waals surface area contributed by atoms with E-state index in [1.165, 1.54) is 10.9 Å². The van der Waals surface area contributed by atoms with Crippen molar-refractivity contribution < 1.29 is 23.4 Å². The van der Waals surface area contributed by atoms with Crippen LogP contribution in [0.2, 0.25) is 0 Å². The predicted molar refractivity (Wildman–Crippen MR) is 67.6 cm³/mol. The molecule has 1 saturated carbocycles. The predicted octanol–water partition coefficient (Wildman–Crippen LogP) is 1.77. The van der Waals surface area contributed by atoms with Crippen molar-refractivity contribution in [3.05, 3.63) is 18.0 Å². The first-order valence-electron chi connectivity index (χ1n) is 6.68. The van der Waals surface area contributed by atoms with E-state index >= 15 is 0 Å². The van der Waals surface area contributed by atoms with Crippen molar-refractivity contribution in [1.82, 2.24) is 9.78 Å². The number of hydrogen-bond acceptors (Lipinski definition) is 4. The van der Waals surface area contributed by atoms with Crippen LogP contribution < -0.4 is 0 Å². The van der Waals surface area contributed by atoms with Gasteiger partial charge >= 0.3 is 0 Å². The molecule has 7 heteroatoms. The lowest BCUT2D eigenvalue weighted by Gasteiger charge is -2.33. The van der Waals surface area contributed by atoms with Crippen molar-refractivity contribution >= 4 is 0 Å². The first-order chi connectivity index (χ1) is 9.53. The number of nitrogens with zero attached hydrogens (tertiary/aromatic N) is 2. The number of methoxy groups -OCH3 is 1. The lowest BCUT2D eigenvalue weighted by molar-refractivity contribution is -0.0762. The van der Waals surface area contributed by atoms with Gasteiger partial charge in [-0.1, -0.05) is 0 Å². The van der Waals surface area contributed by atoms with Gasteiger partial charge in [-0.25, -0.2) is 13.5 Å². The molecule has 1 aliphatic rings. The van der Waals surface area contributed by atoms with E-state index in [1.54, 1.807) is 13.2 Å².